The fourth-order valence-corrected chi connectivity index (χ4v) is 2.11. The smallest absolute Gasteiger partial charge is 0.223 e. The Hall–Kier alpha value is -1.85. The first kappa shape index (κ1) is 14.6. The zero-order chi connectivity index (χ0) is 14.5. The van der Waals surface area contributed by atoms with Crippen LogP contribution < -0.4 is 11.1 Å². The molecular weight excluding hydrogens is 256 g/mol. The van der Waals surface area contributed by atoms with Gasteiger partial charge in [-0.25, -0.2) is 0 Å². The first-order valence-corrected chi connectivity index (χ1v) is 6.62. The average Bonchev–Trinajstić information content (AvgIpc) is 2.79. The van der Waals surface area contributed by atoms with Gasteiger partial charge in [0.25, 0.3) is 0 Å². The highest BCUT2D eigenvalue weighted by Gasteiger charge is 2.14. The third-order valence-electron chi connectivity index (χ3n) is 3.40. The first-order chi connectivity index (χ1) is 9.65. The van der Waals surface area contributed by atoms with Crippen molar-refractivity contribution in [3.8, 4) is 0 Å². The number of para-hydroxylation sites is 1. The van der Waals surface area contributed by atoms with E-state index in [0.29, 0.717) is 13.1 Å². The fraction of sp³-hybridized carbons (Fsp3) is 0.400. The summed E-state index contributed by atoms with van der Waals surface area (Å²) in [6.45, 7) is 2.69. The monoisotopic (exact) mass is 276 g/mol. The van der Waals surface area contributed by atoms with E-state index in [0.717, 1.165) is 22.3 Å². The van der Waals surface area contributed by atoms with E-state index in [2.05, 4.69) is 5.32 Å². The Kier molecular flexibility index (Phi) is 4.76. The number of rotatable bonds is 6. The number of aryl methyl sites for hydroxylation is 1. The molecule has 0 bridgehead atoms. The molecule has 1 unspecified atom stereocenters. The standard InChI is InChI=1S/C15H20N2O3/c1-10-12-5-3-4-6-13(12)20-14(10)9-17-15(18)7-11(8-16)19-2/h3-6,11H,7-9,16H2,1-2H3,(H,17,18). The van der Waals surface area contributed by atoms with Crippen LogP contribution >= 0.6 is 0 Å². The molecule has 5 nitrogen and oxygen atoms in total. The summed E-state index contributed by atoms with van der Waals surface area (Å²) in [6.07, 6.45) is 0.0125. The molecule has 2 rings (SSSR count). The Labute approximate surface area is 118 Å². The minimum Gasteiger partial charge on any atom is -0.459 e. The summed E-state index contributed by atoms with van der Waals surface area (Å²) in [6, 6.07) is 7.83. The molecule has 0 aliphatic heterocycles. The van der Waals surface area contributed by atoms with Crippen LogP contribution in [0.25, 0.3) is 11.0 Å². The maximum atomic E-state index is 11.8. The molecule has 0 saturated carbocycles. The van der Waals surface area contributed by atoms with Gasteiger partial charge in [-0.1, -0.05) is 18.2 Å². The van der Waals surface area contributed by atoms with Gasteiger partial charge in [-0.3, -0.25) is 4.79 Å². The molecule has 3 N–H and O–H groups in total. The Morgan fingerprint density at radius 3 is 2.85 bits per heavy atom. The van der Waals surface area contributed by atoms with Crippen molar-refractivity contribution < 1.29 is 13.9 Å². The Balaban J connectivity index is 1.99. The van der Waals surface area contributed by atoms with Crippen LogP contribution in [0.4, 0.5) is 0 Å². The van der Waals surface area contributed by atoms with E-state index in [1.54, 1.807) is 7.11 Å². The number of methoxy groups -OCH3 is 1. The molecule has 0 aliphatic rings. The van der Waals surface area contributed by atoms with Gasteiger partial charge >= 0.3 is 0 Å². The van der Waals surface area contributed by atoms with Crippen LogP contribution in [0.15, 0.2) is 28.7 Å². The third-order valence-corrected chi connectivity index (χ3v) is 3.40. The quantitative estimate of drug-likeness (QED) is 0.842. The largest absolute Gasteiger partial charge is 0.459 e. The summed E-state index contributed by atoms with van der Waals surface area (Å²) in [5.74, 6) is 0.684. The SMILES string of the molecule is COC(CN)CC(=O)NCc1oc2ccccc2c1C. The van der Waals surface area contributed by atoms with Gasteiger partial charge in [-0.15, -0.1) is 0 Å². The highest BCUT2D eigenvalue weighted by molar-refractivity contribution is 5.82. The number of furan rings is 1. The van der Waals surface area contributed by atoms with Gasteiger partial charge in [0.2, 0.25) is 5.91 Å². The van der Waals surface area contributed by atoms with Gasteiger partial charge in [0.05, 0.1) is 19.1 Å². The van der Waals surface area contributed by atoms with Gasteiger partial charge in [0.15, 0.2) is 0 Å². The summed E-state index contributed by atoms with van der Waals surface area (Å²) in [4.78, 5) is 11.8. The topological polar surface area (TPSA) is 77.5 Å². The number of ether oxygens (including phenoxy) is 1. The minimum atomic E-state index is -0.244. The Bertz CT molecular complexity index is 588. The van der Waals surface area contributed by atoms with Crippen molar-refractivity contribution in [2.75, 3.05) is 13.7 Å². The number of nitrogens with two attached hydrogens (primary N) is 1. The fourth-order valence-electron chi connectivity index (χ4n) is 2.11. The normalized spacial score (nSPS) is 12.6. The van der Waals surface area contributed by atoms with Crippen molar-refractivity contribution in [1.29, 1.82) is 0 Å². The molecule has 1 aromatic carbocycles. The van der Waals surface area contributed by atoms with E-state index >= 15 is 0 Å². The number of hydrogen-bond donors (Lipinski definition) is 2. The summed E-state index contributed by atoms with van der Waals surface area (Å²) in [5.41, 5.74) is 7.39. The number of carbonyl (C=O) groups is 1. The van der Waals surface area contributed by atoms with Crippen molar-refractivity contribution >= 4 is 16.9 Å². The molecule has 108 valence electrons. The number of amides is 1. The molecule has 0 radical (unpaired) electrons. The molecule has 0 aliphatic carbocycles. The number of hydrogen-bond acceptors (Lipinski definition) is 4. The van der Waals surface area contributed by atoms with Crippen molar-refractivity contribution in [2.45, 2.75) is 26.0 Å². The summed E-state index contributed by atoms with van der Waals surface area (Å²) in [5, 5.41) is 3.91. The van der Waals surface area contributed by atoms with Crippen molar-refractivity contribution in [2.24, 2.45) is 5.73 Å². The zero-order valence-electron chi connectivity index (χ0n) is 11.8. The minimum absolute atomic E-state index is 0.0952. The molecule has 2 aromatic rings. The van der Waals surface area contributed by atoms with Crippen LogP contribution in [0.5, 0.6) is 0 Å². The predicted octanol–water partition coefficient (Wildman–Crippen LogP) is 1.72. The molecule has 1 amide bonds. The predicted molar refractivity (Wildman–Crippen MR) is 77.3 cm³/mol. The van der Waals surface area contributed by atoms with E-state index in [-0.39, 0.29) is 18.4 Å². The Morgan fingerprint density at radius 1 is 1.45 bits per heavy atom. The third kappa shape index (κ3) is 3.18. The lowest BCUT2D eigenvalue weighted by Crippen LogP contribution is -2.31. The van der Waals surface area contributed by atoms with Crippen LogP contribution in [0.3, 0.4) is 0 Å². The maximum absolute atomic E-state index is 11.8. The molecule has 1 heterocycles. The number of nitrogens with one attached hydrogen (secondary N) is 1. The summed E-state index contributed by atoms with van der Waals surface area (Å²) < 4.78 is 10.8. The van der Waals surface area contributed by atoms with Crippen LogP contribution in [-0.2, 0) is 16.1 Å². The summed E-state index contributed by atoms with van der Waals surface area (Å²) >= 11 is 0. The van der Waals surface area contributed by atoms with Gasteiger partial charge in [0, 0.05) is 24.6 Å². The van der Waals surface area contributed by atoms with Crippen LogP contribution in [-0.4, -0.2) is 25.7 Å². The number of fused-ring (bicyclic) bond motifs is 1. The molecule has 0 spiro atoms. The van der Waals surface area contributed by atoms with Gasteiger partial charge in [-0.2, -0.15) is 0 Å². The first-order valence-electron chi connectivity index (χ1n) is 6.62. The van der Waals surface area contributed by atoms with E-state index in [1.807, 2.05) is 31.2 Å². The molecule has 1 aromatic heterocycles. The van der Waals surface area contributed by atoms with Crippen LogP contribution in [0.2, 0.25) is 0 Å². The summed E-state index contributed by atoms with van der Waals surface area (Å²) in [7, 11) is 1.55. The molecule has 20 heavy (non-hydrogen) atoms. The van der Waals surface area contributed by atoms with Crippen LogP contribution in [0.1, 0.15) is 17.7 Å². The van der Waals surface area contributed by atoms with Crippen molar-refractivity contribution in [1.82, 2.24) is 5.32 Å². The van der Waals surface area contributed by atoms with Gasteiger partial charge in [0.1, 0.15) is 11.3 Å². The highest BCUT2D eigenvalue weighted by atomic mass is 16.5. The second-order valence-corrected chi connectivity index (χ2v) is 4.72. The van der Waals surface area contributed by atoms with Gasteiger partial charge in [-0.05, 0) is 13.0 Å². The molecule has 0 saturated heterocycles. The Morgan fingerprint density at radius 2 is 2.20 bits per heavy atom. The zero-order valence-corrected chi connectivity index (χ0v) is 11.8. The molecular formula is C15H20N2O3. The number of carbonyl (C=O) groups excluding carboxylic acids is 1. The highest BCUT2D eigenvalue weighted by Crippen LogP contribution is 2.24. The number of benzene rings is 1. The van der Waals surface area contributed by atoms with E-state index in [9.17, 15) is 4.79 Å². The average molecular weight is 276 g/mol. The van der Waals surface area contributed by atoms with E-state index < -0.39 is 0 Å². The molecule has 1 atom stereocenters. The lowest BCUT2D eigenvalue weighted by atomic mass is 10.1. The lowest BCUT2D eigenvalue weighted by Gasteiger charge is -2.12. The lowest BCUT2D eigenvalue weighted by molar-refractivity contribution is -0.123. The molecule has 5 heteroatoms. The molecule has 0 fully saturated rings. The maximum Gasteiger partial charge on any atom is 0.223 e. The van der Waals surface area contributed by atoms with Crippen molar-refractivity contribution in [3.63, 3.8) is 0 Å². The van der Waals surface area contributed by atoms with Gasteiger partial charge < -0.3 is 20.2 Å². The van der Waals surface area contributed by atoms with Crippen molar-refractivity contribution in [3.05, 3.63) is 35.6 Å². The van der Waals surface area contributed by atoms with Crippen LogP contribution in [0, 0.1) is 6.92 Å². The van der Waals surface area contributed by atoms with E-state index in [1.165, 1.54) is 0 Å². The van der Waals surface area contributed by atoms with E-state index in [4.69, 9.17) is 14.9 Å². The second-order valence-electron chi connectivity index (χ2n) is 4.72. The second kappa shape index (κ2) is 6.54.